The quantitative estimate of drug-likeness (QED) is 0.678. The van der Waals surface area contributed by atoms with Gasteiger partial charge < -0.3 is 9.88 Å². The molecule has 3 nitrogen and oxygen atoms in total. The molecule has 0 unspecified atom stereocenters. The van der Waals surface area contributed by atoms with Crippen LogP contribution in [0, 0.1) is 29.2 Å². The van der Waals surface area contributed by atoms with Crippen LogP contribution in [0.4, 0.5) is 17.6 Å². The maximum atomic E-state index is 14.4. The van der Waals surface area contributed by atoms with Crippen LogP contribution < -0.4 is 16.2 Å². The average Bonchev–Trinajstić information content (AvgIpc) is 2.85. The van der Waals surface area contributed by atoms with E-state index in [0.29, 0.717) is 12.1 Å². The molecule has 1 heterocycles. The van der Waals surface area contributed by atoms with E-state index in [9.17, 15) is 22.4 Å². The van der Waals surface area contributed by atoms with Crippen LogP contribution in [-0.4, -0.2) is 18.5 Å². The molecule has 0 amide bonds. The summed E-state index contributed by atoms with van der Waals surface area (Å²) in [5.41, 5.74) is -0.410. The number of carbonyl (C=O) groups is 1. The van der Waals surface area contributed by atoms with Crippen LogP contribution in [0.1, 0.15) is 13.8 Å². The Labute approximate surface area is 142 Å². The first-order chi connectivity index (χ1) is 11.7. The second-order valence-electron chi connectivity index (χ2n) is 6.44. The number of hydrogen-bond acceptors (Lipinski definition) is 3. The van der Waals surface area contributed by atoms with Crippen molar-refractivity contribution in [3.05, 3.63) is 59.7 Å². The molecule has 2 aromatic carbocycles. The van der Waals surface area contributed by atoms with Crippen LogP contribution in [-0.2, 0) is 9.45 Å². The molecule has 1 saturated heterocycles. The monoisotopic (exact) mass is 352 g/mol. The first kappa shape index (κ1) is 17.5. The minimum absolute atomic E-state index is 0.205. The Balaban J connectivity index is 2.24. The molecule has 0 saturated carbocycles. The molecular weight excluding hydrogens is 337 g/mol. The van der Waals surface area contributed by atoms with Gasteiger partial charge >= 0.3 is 0 Å². The average molecular weight is 352 g/mol. The molecule has 0 radical (unpaired) electrons. The second kappa shape index (κ2) is 6.18. The molecular formula is C17H15BF4NO2-. The third kappa shape index (κ3) is 2.91. The van der Waals surface area contributed by atoms with Crippen molar-refractivity contribution in [3.8, 4) is 0 Å². The summed E-state index contributed by atoms with van der Waals surface area (Å²) in [6, 6.07) is 4.60. The molecule has 0 spiro atoms. The summed E-state index contributed by atoms with van der Waals surface area (Å²) in [7, 11) is 0. The lowest BCUT2D eigenvalue weighted by Crippen LogP contribution is -2.70. The lowest BCUT2D eigenvalue weighted by Gasteiger charge is -2.37. The van der Waals surface area contributed by atoms with Gasteiger partial charge in [0.25, 0.3) is 12.5 Å². The summed E-state index contributed by atoms with van der Waals surface area (Å²) >= 11 is 0. The zero-order chi connectivity index (χ0) is 18.4. The maximum Gasteiger partial charge on any atom is 0.299 e. The van der Waals surface area contributed by atoms with Crippen molar-refractivity contribution < 1.29 is 27.0 Å². The molecule has 1 N–H and O–H groups in total. The van der Waals surface area contributed by atoms with Crippen LogP contribution in [0.5, 0.6) is 0 Å². The van der Waals surface area contributed by atoms with Crippen molar-refractivity contribution in [2.75, 3.05) is 0 Å². The molecule has 8 heteroatoms. The molecule has 0 aliphatic carbocycles. The van der Waals surface area contributed by atoms with Gasteiger partial charge in [0.05, 0.1) is 17.7 Å². The molecule has 25 heavy (non-hydrogen) atoms. The van der Waals surface area contributed by atoms with Crippen LogP contribution in [0.2, 0.25) is 0 Å². The molecule has 2 aromatic rings. The third-order valence-corrected chi connectivity index (χ3v) is 4.43. The van der Waals surface area contributed by atoms with Gasteiger partial charge in [-0.15, -0.1) is 10.9 Å². The van der Waals surface area contributed by atoms with Crippen molar-refractivity contribution >= 4 is 23.4 Å². The van der Waals surface area contributed by atoms with E-state index in [0.717, 1.165) is 24.3 Å². The van der Waals surface area contributed by atoms with Gasteiger partial charge in [-0.25, -0.2) is 17.6 Å². The van der Waals surface area contributed by atoms with Gasteiger partial charge in [-0.2, -0.15) is 0 Å². The van der Waals surface area contributed by atoms with E-state index in [2.05, 4.69) is 5.23 Å². The van der Waals surface area contributed by atoms with Gasteiger partial charge in [-0.1, -0.05) is 26.0 Å². The molecule has 132 valence electrons. The summed E-state index contributed by atoms with van der Waals surface area (Å²) in [6.07, 6.45) is 0. The fourth-order valence-electron chi connectivity index (χ4n) is 3.20. The van der Waals surface area contributed by atoms with E-state index in [1.165, 1.54) is 0 Å². The molecule has 1 atom stereocenters. The first-order valence-corrected chi connectivity index (χ1v) is 7.81. The summed E-state index contributed by atoms with van der Waals surface area (Å²) in [6.45, 7) is 0.628. The molecule has 1 aliphatic rings. The number of halogens is 4. The van der Waals surface area contributed by atoms with Gasteiger partial charge in [-0.05, 0) is 18.1 Å². The third-order valence-electron chi connectivity index (χ3n) is 4.43. The van der Waals surface area contributed by atoms with Crippen molar-refractivity contribution in [2.24, 2.45) is 5.92 Å². The lowest BCUT2D eigenvalue weighted by molar-refractivity contribution is -0.135. The van der Waals surface area contributed by atoms with E-state index in [1.807, 2.05) is 0 Å². The highest BCUT2D eigenvalue weighted by molar-refractivity contribution is 6.97. The zero-order valence-corrected chi connectivity index (χ0v) is 13.5. The Morgan fingerprint density at radius 3 is 1.80 bits per heavy atom. The fraction of sp³-hybridized carbons (Fsp3) is 0.235. The maximum absolute atomic E-state index is 14.4. The van der Waals surface area contributed by atoms with Crippen molar-refractivity contribution in [2.45, 2.75) is 19.9 Å². The summed E-state index contributed by atoms with van der Waals surface area (Å²) in [5, 5.41) is 2.87. The fourth-order valence-corrected chi connectivity index (χ4v) is 3.20. The summed E-state index contributed by atoms with van der Waals surface area (Å²) in [5.74, 6) is -4.53. The molecule has 0 aromatic heterocycles. The molecule has 0 bridgehead atoms. The van der Waals surface area contributed by atoms with Crippen molar-refractivity contribution in [1.29, 1.82) is 0 Å². The Morgan fingerprint density at radius 1 is 0.960 bits per heavy atom. The second-order valence-corrected chi connectivity index (χ2v) is 6.44. The topological polar surface area (TPSA) is 38.3 Å². The molecule has 1 fully saturated rings. The molecule has 3 rings (SSSR count). The SMILES string of the molecule is CC(C)[C@@H]1N[B-](c2ccc(F)cc2F)(c2ccc(F)cc2F)OC1=O. The van der Waals surface area contributed by atoms with Crippen molar-refractivity contribution in [3.63, 3.8) is 0 Å². The Kier molecular flexibility index (Phi) is 4.32. The highest BCUT2D eigenvalue weighted by Gasteiger charge is 2.46. The van der Waals surface area contributed by atoms with Gasteiger partial charge in [-0.3, -0.25) is 4.79 Å². The Bertz CT molecular complexity index is 792. The predicted octanol–water partition coefficient (Wildman–Crippen LogP) is 1.97. The number of benzene rings is 2. The highest BCUT2D eigenvalue weighted by atomic mass is 19.1. The van der Waals surface area contributed by atoms with E-state index >= 15 is 0 Å². The first-order valence-electron chi connectivity index (χ1n) is 7.81. The number of carbonyl (C=O) groups excluding carboxylic acids is 1. The largest absolute Gasteiger partial charge is 0.667 e. The van der Waals surface area contributed by atoms with Crippen LogP contribution >= 0.6 is 0 Å². The lowest BCUT2D eigenvalue weighted by atomic mass is 9.42. The predicted molar refractivity (Wildman–Crippen MR) is 85.6 cm³/mol. The number of hydrogen-bond donors (Lipinski definition) is 1. The summed E-state index contributed by atoms with van der Waals surface area (Å²) < 4.78 is 60.9. The van der Waals surface area contributed by atoms with E-state index in [1.54, 1.807) is 13.8 Å². The van der Waals surface area contributed by atoms with Crippen LogP contribution in [0.25, 0.3) is 0 Å². The minimum Gasteiger partial charge on any atom is -0.667 e. The Morgan fingerprint density at radius 2 is 1.44 bits per heavy atom. The smallest absolute Gasteiger partial charge is 0.299 e. The van der Waals surface area contributed by atoms with Crippen molar-refractivity contribution in [1.82, 2.24) is 5.23 Å². The number of nitrogens with one attached hydrogen (secondary N) is 1. The van der Waals surface area contributed by atoms with Gasteiger partial charge in [0.15, 0.2) is 0 Å². The van der Waals surface area contributed by atoms with Gasteiger partial charge in [0, 0.05) is 12.1 Å². The van der Waals surface area contributed by atoms with Crippen LogP contribution in [0.3, 0.4) is 0 Å². The normalized spacial score (nSPS) is 19.3. The zero-order valence-electron chi connectivity index (χ0n) is 13.5. The van der Waals surface area contributed by atoms with E-state index in [-0.39, 0.29) is 16.8 Å². The molecule has 1 aliphatic heterocycles. The summed E-state index contributed by atoms with van der Waals surface area (Å²) in [4.78, 5) is 12.3. The van der Waals surface area contributed by atoms with Gasteiger partial charge in [0.1, 0.15) is 11.6 Å². The standard InChI is InChI=1S/C17H15BF4NO2/c1-9(2)16-17(24)25-18(23-16,12-5-3-10(19)7-14(12)21)13-6-4-11(20)8-15(13)22/h3-9,16,23H,1-2H3/q-1/t16-/m0/s1. The number of rotatable bonds is 3. The van der Waals surface area contributed by atoms with Crippen LogP contribution in [0.15, 0.2) is 36.4 Å². The van der Waals surface area contributed by atoms with Gasteiger partial charge in [0.2, 0.25) is 0 Å². The minimum atomic E-state index is -2.86. The van der Waals surface area contributed by atoms with E-state index < -0.39 is 41.8 Å². The Hall–Kier alpha value is -2.35. The van der Waals surface area contributed by atoms with E-state index in [4.69, 9.17) is 4.65 Å². The highest BCUT2D eigenvalue weighted by Crippen LogP contribution is 2.21.